The summed E-state index contributed by atoms with van der Waals surface area (Å²) in [6, 6.07) is 0. The second-order valence-electron chi connectivity index (χ2n) is 8.95. The van der Waals surface area contributed by atoms with E-state index in [-0.39, 0.29) is 56.4 Å². The van der Waals surface area contributed by atoms with E-state index in [4.69, 9.17) is 56.2 Å². The second kappa shape index (κ2) is 36.0. The Hall–Kier alpha value is -4.19. The fourth-order valence-corrected chi connectivity index (χ4v) is 0.635. The van der Waals surface area contributed by atoms with Crippen LogP contribution >= 0.6 is 0 Å². The van der Waals surface area contributed by atoms with Gasteiger partial charge < -0.3 is 56.2 Å². The average molecular weight is 657 g/mol. The third kappa shape index (κ3) is 52.9. The van der Waals surface area contributed by atoms with E-state index < -0.39 is 40.7 Å². The highest BCUT2D eigenvalue weighted by Gasteiger charge is 2.24. The van der Waals surface area contributed by atoms with Crippen LogP contribution in [0.25, 0.3) is 0 Å². The monoisotopic (exact) mass is 656 g/mol. The molecule has 0 saturated heterocycles. The van der Waals surface area contributed by atoms with Crippen molar-refractivity contribution in [2.45, 2.75) is 41.0 Å². The van der Waals surface area contributed by atoms with Crippen molar-refractivity contribution < 1.29 is 80.1 Å². The first-order valence-corrected chi connectivity index (χ1v) is 12.4. The molecular formula is C29H52O16. The van der Waals surface area contributed by atoms with Crippen LogP contribution in [0, 0.1) is 10.8 Å². The Morgan fingerprint density at radius 1 is 0.533 bits per heavy atom. The number of carbonyl (C=O) groups is 5. The Kier molecular flexibility index (Phi) is 45.3. The zero-order valence-electron chi connectivity index (χ0n) is 26.6. The third-order valence-electron chi connectivity index (χ3n) is 4.35. The Labute approximate surface area is 263 Å². The van der Waals surface area contributed by atoms with Gasteiger partial charge in [-0.3, -0.25) is 0 Å². The molecule has 264 valence electrons. The van der Waals surface area contributed by atoms with Gasteiger partial charge in [-0.1, -0.05) is 46.7 Å². The Morgan fingerprint density at radius 3 is 0.689 bits per heavy atom. The van der Waals surface area contributed by atoms with Crippen molar-refractivity contribution >= 4 is 29.8 Å². The molecule has 0 heterocycles. The highest BCUT2D eigenvalue weighted by molar-refractivity contribution is 5.85. The molecule has 0 fully saturated rings. The van der Waals surface area contributed by atoms with Crippen LogP contribution in [0.3, 0.4) is 0 Å². The van der Waals surface area contributed by atoms with E-state index in [1.165, 1.54) is 20.8 Å². The molecule has 0 spiro atoms. The molecule has 16 heteroatoms. The first-order chi connectivity index (χ1) is 20.4. The number of aliphatic carboxylic acids is 5. The van der Waals surface area contributed by atoms with Gasteiger partial charge in [-0.05, 0) is 27.2 Å². The molecule has 0 aliphatic carbocycles. The molecule has 0 aliphatic rings. The smallest absolute Gasteiger partial charge is 0.330 e. The maximum Gasteiger partial charge on any atom is 0.330 e. The standard InChI is InChI=1S/C6H14O3.C5H12O3.3C4H6O2.2C3H4O2/c1-2-6(3-7,4-8)5-9;1-5(2-6,3-7)4-8;3*1-3(2)4(5)6;2*1-2-3(4)5/h7-9H,2-5H2,1H3;6-8H,2-4H2,1H3;3*1H2,2H3,(H,5,6);2*2H,1H2,(H,4,5). The van der Waals surface area contributed by atoms with Gasteiger partial charge in [-0.15, -0.1) is 0 Å². The van der Waals surface area contributed by atoms with E-state index in [0.717, 1.165) is 12.2 Å². The molecule has 0 bridgehead atoms. The van der Waals surface area contributed by atoms with E-state index in [1.54, 1.807) is 6.92 Å². The minimum Gasteiger partial charge on any atom is -0.478 e. The van der Waals surface area contributed by atoms with Crippen LogP contribution in [0.2, 0.25) is 0 Å². The summed E-state index contributed by atoms with van der Waals surface area (Å²) in [5, 5.41) is 90.2. The fourth-order valence-electron chi connectivity index (χ4n) is 0.635. The van der Waals surface area contributed by atoms with E-state index >= 15 is 0 Å². The largest absolute Gasteiger partial charge is 0.478 e. The Morgan fingerprint density at radius 2 is 0.689 bits per heavy atom. The normalized spacial score (nSPS) is 8.96. The molecule has 0 aromatic heterocycles. The number of rotatable bonds is 12. The number of hydrogen-bond donors (Lipinski definition) is 11. The summed E-state index contributed by atoms with van der Waals surface area (Å²) in [6.07, 6.45) is 2.26. The summed E-state index contributed by atoms with van der Waals surface area (Å²) < 4.78 is 0. The maximum absolute atomic E-state index is 9.60. The molecule has 0 aliphatic heterocycles. The highest BCUT2D eigenvalue weighted by Crippen LogP contribution is 2.18. The topological polar surface area (TPSA) is 308 Å². The van der Waals surface area contributed by atoms with Crippen molar-refractivity contribution in [3.8, 4) is 0 Å². The predicted octanol–water partition coefficient (Wildman–Crippen LogP) is 0.785. The lowest BCUT2D eigenvalue weighted by Gasteiger charge is -2.24. The summed E-state index contributed by atoms with van der Waals surface area (Å²) in [4.78, 5) is 47.3. The van der Waals surface area contributed by atoms with Crippen molar-refractivity contribution in [3.05, 3.63) is 61.8 Å². The zero-order chi connectivity index (χ0) is 38.0. The van der Waals surface area contributed by atoms with Gasteiger partial charge in [0.25, 0.3) is 0 Å². The minimum atomic E-state index is -0.981. The van der Waals surface area contributed by atoms with E-state index in [1.807, 2.05) is 6.92 Å². The molecule has 0 atom stereocenters. The molecule has 0 saturated carbocycles. The molecule has 45 heavy (non-hydrogen) atoms. The summed E-state index contributed by atoms with van der Waals surface area (Å²) in [6.45, 7) is 22.1. The minimum absolute atomic E-state index is 0.156. The number of carboxylic acid groups (broad SMARTS) is 5. The van der Waals surface area contributed by atoms with Crippen LogP contribution in [0.4, 0.5) is 0 Å². The van der Waals surface area contributed by atoms with Crippen LogP contribution in [-0.4, -0.2) is 126 Å². The van der Waals surface area contributed by atoms with Gasteiger partial charge >= 0.3 is 29.8 Å². The van der Waals surface area contributed by atoms with Gasteiger partial charge in [-0.25, -0.2) is 24.0 Å². The lowest BCUT2D eigenvalue weighted by molar-refractivity contribution is -0.133. The summed E-state index contributed by atoms with van der Waals surface area (Å²) >= 11 is 0. The van der Waals surface area contributed by atoms with Crippen molar-refractivity contribution in [1.82, 2.24) is 0 Å². The summed E-state index contributed by atoms with van der Waals surface area (Å²) in [7, 11) is 0. The summed E-state index contributed by atoms with van der Waals surface area (Å²) in [5.74, 6) is -4.77. The first kappa shape index (κ1) is 56.6. The van der Waals surface area contributed by atoms with Gasteiger partial charge in [0, 0.05) is 39.7 Å². The molecule has 0 aromatic rings. The van der Waals surface area contributed by atoms with Crippen molar-refractivity contribution in [2.75, 3.05) is 39.6 Å². The second-order valence-corrected chi connectivity index (χ2v) is 8.95. The first-order valence-electron chi connectivity index (χ1n) is 12.4. The Bertz CT molecular complexity index is 761. The van der Waals surface area contributed by atoms with E-state index in [0.29, 0.717) is 6.42 Å². The lowest BCUT2D eigenvalue weighted by atomic mass is 9.88. The van der Waals surface area contributed by atoms with Gasteiger partial charge in [-0.2, -0.15) is 0 Å². The fraction of sp³-hybridized carbons (Fsp3) is 0.483. The van der Waals surface area contributed by atoms with Gasteiger partial charge in [0.15, 0.2) is 0 Å². The number of aliphatic hydroxyl groups is 6. The summed E-state index contributed by atoms with van der Waals surface area (Å²) in [5.41, 5.74) is -0.847. The molecule has 11 N–H and O–H groups in total. The van der Waals surface area contributed by atoms with E-state index in [9.17, 15) is 24.0 Å². The molecule has 0 unspecified atom stereocenters. The SMILES string of the molecule is C=C(C)C(=O)O.C=C(C)C(=O)O.C=C(C)C(=O)O.C=CC(=O)O.C=CC(=O)O.CC(CO)(CO)CO.CCC(CO)(CO)CO. The predicted molar refractivity (Wildman–Crippen MR) is 166 cm³/mol. The van der Waals surface area contributed by atoms with Gasteiger partial charge in [0.05, 0.1) is 39.6 Å². The molecule has 0 aromatic carbocycles. The van der Waals surface area contributed by atoms with Crippen molar-refractivity contribution in [1.29, 1.82) is 0 Å². The third-order valence-corrected chi connectivity index (χ3v) is 4.35. The van der Waals surface area contributed by atoms with Crippen LogP contribution in [0.15, 0.2) is 61.8 Å². The van der Waals surface area contributed by atoms with Gasteiger partial charge in [0.2, 0.25) is 0 Å². The van der Waals surface area contributed by atoms with E-state index in [2.05, 4.69) is 32.9 Å². The van der Waals surface area contributed by atoms with Crippen LogP contribution in [0.1, 0.15) is 41.0 Å². The number of aliphatic hydroxyl groups excluding tert-OH is 6. The molecule has 0 amide bonds. The molecular weight excluding hydrogens is 604 g/mol. The van der Waals surface area contributed by atoms with Crippen LogP contribution in [-0.2, 0) is 24.0 Å². The van der Waals surface area contributed by atoms with Crippen LogP contribution in [0.5, 0.6) is 0 Å². The molecule has 0 radical (unpaired) electrons. The maximum atomic E-state index is 9.60. The quantitative estimate of drug-likeness (QED) is 0.129. The zero-order valence-corrected chi connectivity index (χ0v) is 26.6. The van der Waals surface area contributed by atoms with Crippen molar-refractivity contribution in [3.63, 3.8) is 0 Å². The van der Waals surface area contributed by atoms with Gasteiger partial charge in [0.1, 0.15) is 0 Å². The lowest BCUT2D eigenvalue weighted by Crippen LogP contribution is -2.32. The number of carboxylic acids is 5. The molecule has 0 rings (SSSR count). The highest BCUT2D eigenvalue weighted by atomic mass is 16.4. The average Bonchev–Trinajstić information content (AvgIpc) is 2.99. The van der Waals surface area contributed by atoms with Crippen LogP contribution < -0.4 is 0 Å². The molecule has 16 nitrogen and oxygen atoms in total. The van der Waals surface area contributed by atoms with Crippen molar-refractivity contribution in [2.24, 2.45) is 10.8 Å². The number of hydrogen-bond acceptors (Lipinski definition) is 11. The Balaban J connectivity index is -0.0000000757.